The molecule has 1 atom stereocenters. The lowest BCUT2D eigenvalue weighted by atomic mass is 10.1. The van der Waals surface area contributed by atoms with Gasteiger partial charge >= 0.3 is 0 Å². The molecule has 0 aromatic heterocycles. The van der Waals surface area contributed by atoms with Crippen molar-refractivity contribution in [2.75, 3.05) is 16.0 Å². The third-order valence-electron chi connectivity index (χ3n) is 6.06. The van der Waals surface area contributed by atoms with Crippen molar-refractivity contribution >= 4 is 81.7 Å². The van der Waals surface area contributed by atoms with Gasteiger partial charge in [0, 0.05) is 34.4 Å². The Kier molecular flexibility index (Phi) is 11.2. The van der Waals surface area contributed by atoms with Crippen LogP contribution < -0.4 is 21.3 Å². The van der Waals surface area contributed by atoms with Crippen LogP contribution in [0.15, 0.2) is 108 Å². The Labute approximate surface area is 269 Å². The van der Waals surface area contributed by atoms with Crippen LogP contribution in [0.5, 0.6) is 0 Å². The summed E-state index contributed by atoms with van der Waals surface area (Å²) in [7, 11) is 0. The molecule has 44 heavy (non-hydrogen) atoms. The van der Waals surface area contributed by atoms with E-state index in [-0.39, 0.29) is 22.5 Å². The summed E-state index contributed by atoms with van der Waals surface area (Å²) in [5, 5.41) is 11.1. The molecule has 4 aromatic rings. The number of nitrogens with one attached hydrogen (secondary N) is 4. The topological polar surface area (TPSA) is 116 Å². The molecule has 8 nitrogen and oxygen atoms in total. The van der Waals surface area contributed by atoms with Gasteiger partial charge in [0.05, 0.1) is 15.3 Å². The van der Waals surface area contributed by atoms with Crippen LogP contribution in [0.1, 0.15) is 29.8 Å². The van der Waals surface area contributed by atoms with Crippen LogP contribution in [0.3, 0.4) is 0 Å². The van der Waals surface area contributed by atoms with Crippen molar-refractivity contribution in [2.24, 2.45) is 0 Å². The molecule has 1 unspecified atom stereocenters. The summed E-state index contributed by atoms with van der Waals surface area (Å²) < 4.78 is 0. The first-order valence-corrected chi connectivity index (χ1v) is 15.0. The molecule has 4 rings (SSSR count). The molecule has 0 heterocycles. The van der Waals surface area contributed by atoms with Crippen molar-refractivity contribution in [3.05, 3.63) is 124 Å². The van der Waals surface area contributed by atoms with Crippen LogP contribution in [0.2, 0.25) is 10.0 Å². The number of halogens is 2. The fourth-order valence-corrected chi connectivity index (χ4v) is 5.21. The molecule has 4 aromatic carbocycles. The van der Waals surface area contributed by atoms with Gasteiger partial charge in [-0.25, -0.2) is 0 Å². The molecule has 0 spiro atoms. The number of anilines is 3. The molecule has 0 aliphatic carbocycles. The number of hydrogen-bond donors (Lipinski definition) is 4. The Morgan fingerprint density at radius 1 is 0.750 bits per heavy atom. The number of hydrogen-bond acceptors (Lipinski definition) is 5. The molecule has 11 heteroatoms. The van der Waals surface area contributed by atoms with E-state index >= 15 is 0 Å². The molecule has 0 fully saturated rings. The summed E-state index contributed by atoms with van der Waals surface area (Å²) in [5.74, 6) is -1.45. The number of amides is 4. The Hall–Kier alpha value is -4.57. The van der Waals surface area contributed by atoms with Gasteiger partial charge in [-0.05, 0) is 79.2 Å². The molecular weight excluding hydrogens is 619 g/mol. The van der Waals surface area contributed by atoms with Crippen LogP contribution in [0.4, 0.5) is 17.1 Å². The van der Waals surface area contributed by atoms with E-state index in [0.29, 0.717) is 33.2 Å². The largest absolute Gasteiger partial charge is 0.326 e. The maximum absolute atomic E-state index is 13.4. The number of rotatable bonds is 10. The van der Waals surface area contributed by atoms with E-state index in [0.717, 1.165) is 4.90 Å². The predicted molar refractivity (Wildman–Crippen MR) is 178 cm³/mol. The molecule has 0 aliphatic rings. The average Bonchev–Trinajstić information content (AvgIpc) is 3.00. The highest BCUT2D eigenvalue weighted by molar-refractivity contribution is 8.00. The minimum Gasteiger partial charge on any atom is -0.326 e. The zero-order valence-corrected chi connectivity index (χ0v) is 26.0. The highest BCUT2D eigenvalue weighted by Crippen LogP contribution is 2.29. The molecule has 0 aliphatic heterocycles. The fraction of sp³-hybridized carbons (Fsp3) is 0.0909. The van der Waals surface area contributed by atoms with E-state index in [9.17, 15) is 19.2 Å². The van der Waals surface area contributed by atoms with Gasteiger partial charge in [0.1, 0.15) is 5.70 Å². The van der Waals surface area contributed by atoms with Crippen molar-refractivity contribution in [3.63, 3.8) is 0 Å². The van der Waals surface area contributed by atoms with E-state index in [1.165, 1.54) is 24.8 Å². The zero-order chi connectivity index (χ0) is 31.6. The highest BCUT2D eigenvalue weighted by atomic mass is 35.5. The standard InChI is InChI=1S/C33H28Cl2N4O4S/c1-20(31(41)37-25-16-14-24(15-17-25)36-21(2)40)44-27-12-7-11-26(19-27)38-33(43)29(18-23-10-6-13-28(34)30(23)35)39-32(42)22-8-4-3-5-9-22/h3-20H,1-2H3,(H,36,40)(H,37,41)(H,38,43)(H,39,42)/b29-18+. The van der Waals surface area contributed by atoms with E-state index in [2.05, 4.69) is 21.3 Å². The van der Waals surface area contributed by atoms with Crippen molar-refractivity contribution in [2.45, 2.75) is 24.0 Å². The number of benzene rings is 4. The van der Waals surface area contributed by atoms with Gasteiger partial charge in [-0.1, -0.05) is 59.6 Å². The molecule has 0 saturated carbocycles. The second-order valence-electron chi connectivity index (χ2n) is 9.51. The van der Waals surface area contributed by atoms with Crippen LogP contribution in [0.25, 0.3) is 6.08 Å². The van der Waals surface area contributed by atoms with Crippen LogP contribution in [-0.4, -0.2) is 28.9 Å². The van der Waals surface area contributed by atoms with Crippen LogP contribution >= 0.6 is 35.0 Å². The molecule has 0 saturated heterocycles. The van der Waals surface area contributed by atoms with Crippen molar-refractivity contribution in [3.8, 4) is 0 Å². The Morgan fingerprint density at radius 3 is 2.09 bits per heavy atom. The maximum Gasteiger partial charge on any atom is 0.272 e. The van der Waals surface area contributed by atoms with Gasteiger partial charge in [0.25, 0.3) is 11.8 Å². The summed E-state index contributed by atoms with van der Waals surface area (Å²) in [6.45, 7) is 3.19. The molecular formula is C33H28Cl2N4O4S. The lowest BCUT2D eigenvalue weighted by Gasteiger charge is -2.14. The first kappa shape index (κ1) is 32.3. The van der Waals surface area contributed by atoms with Gasteiger partial charge in [0.2, 0.25) is 11.8 Å². The van der Waals surface area contributed by atoms with Crippen molar-refractivity contribution in [1.82, 2.24) is 5.32 Å². The smallest absolute Gasteiger partial charge is 0.272 e. The van der Waals surface area contributed by atoms with E-state index in [1.54, 1.807) is 97.9 Å². The van der Waals surface area contributed by atoms with Crippen molar-refractivity contribution in [1.29, 1.82) is 0 Å². The average molecular weight is 648 g/mol. The maximum atomic E-state index is 13.4. The summed E-state index contributed by atoms with van der Waals surface area (Å²) in [4.78, 5) is 51.2. The van der Waals surface area contributed by atoms with E-state index in [4.69, 9.17) is 23.2 Å². The Morgan fingerprint density at radius 2 is 1.41 bits per heavy atom. The molecule has 4 amide bonds. The normalized spacial score (nSPS) is 11.7. The summed E-state index contributed by atoms with van der Waals surface area (Å²) in [6, 6.07) is 27.3. The zero-order valence-electron chi connectivity index (χ0n) is 23.7. The van der Waals surface area contributed by atoms with E-state index < -0.39 is 17.1 Å². The first-order valence-electron chi connectivity index (χ1n) is 13.4. The second-order valence-corrected chi connectivity index (χ2v) is 11.7. The lowest BCUT2D eigenvalue weighted by Crippen LogP contribution is -2.30. The van der Waals surface area contributed by atoms with Crippen LogP contribution in [0, 0.1) is 0 Å². The highest BCUT2D eigenvalue weighted by Gasteiger charge is 2.18. The minimum absolute atomic E-state index is 0.0432. The van der Waals surface area contributed by atoms with Gasteiger partial charge in [-0.2, -0.15) is 0 Å². The Bertz CT molecular complexity index is 1710. The quantitative estimate of drug-likeness (QED) is 0.105. The molecule has 0 bridgehead atoms. The first-order chi connectivity index (χ1) is 21.1. The lowest BCUT2D eigenvalue weighted by molar-refractivity contribution is -0.115. The second kappa shape index (κ2) is 15.2. The number of carbonyl (C=O) groups is 4. The molecule has 4 N–H and O–H groups in total. The minimum atomic E-state index is -0.582. The molecule has 0 radical (unpaired) electrons. The monoisotopic (exact) mass is 646 g/mol. The summed E-state index contributed by atoms with van der Waals surface area (Å²) in [5.41, 5.74) is 2.46. The summed E-state index contributed by atoms with van der Waals surface area (Å²) >= 11 is 13.8. The summed E-state index contributed by atoms with van der Waals surface area (Å²) in [6.07, 6.45) is 1.46. The van der Waals surface area contributed by atoms with Gasteiger partial charge in [-0.3, -0.25) is 19.2 Å². The number of thioether (sulfide) groups is 1. The fourth-order valence-electron chi connectivity index (χ4n) is 3.92. The van der Waals surface area contributed by atoms with Gasteiger partial charge in [0.15, 0.2) is 0 Å². The third kappa shape index (κ3) is 9.21. The van der Waals surface area contributed by atoms with Crippen LogP contribution in [-0.2, 0) is 14.4 Å². The molecule has 224 valence electrons. The SMILES string of the molecule is CC(=O)Nc1ccc(NC(=O)C(C)Sc2cccc(NC(=O)/C(=C\c3cccc(Cl)c3Cl)NC(=O)c3ccccc3)c2)cc1. The van der Waals surface area contributed by atoms with E-state index in [1.807, 2.05) is 6.07 Å². The van der Waals surface area contributed by atoms with Gasteiger partial charge in [-0.15, -0.1) is 11.8 Å². The van der Waals surface area contributed by atoms with Crippen molar-refractivity contribution < 1.29 is 19.2 Å². The Balaban J connectivity index is 1.46. The predicted octanol–water partition coefficient (Wildman–Crippen LogP) is 7.48. The number of carbonyl (C=O) groups excluding carboxylic acids is 4. The van der Waals surface area contributed by atoms with Gasteiger partial charge < -0.3 is 21.3 Å². The third-order valence-corrected chi connectivity index (χ3v) is 7.98.